The summed E-state index contributed by atoms with van der Waals surface area (Å²) < 4.78 is 16.9. The van der Waals surface area contributed by atoms with Crippen molar-refractivity contribution in [1.29, 1.82) is 0 Å². The molecule has 1 aliphatic rings. The number of aromatic nitrogens is 6. The molecule has 0 saturated carbocycles. The molecule has 188 valence electrons. The third-order valence-electron chi connectivity index (χ3n) is 7.01. The van der Waals surface area contributed by atoms with E-state index in [4.69, 9.17) is 11.6 Å². The van der Waals surface area contributed by atoms with E-state index < -0.39 is 0 Å². The summed E-state index contributed by atoms with van der Waals surface area (Å²) in [5.41, 5.74) is 6.06. The largest absolute Gasteiger partial charge is 0.365 e. The van der Waals surface area contributed by atoms with Crippen LogP contribution in [0, 0.1) is 5.82 Å². The molecule has 1 aliphatic heterocycles. The molecule has 4 aromatic heterocycles. The summed E-state index contributed by atoms with van der Waals surface area (Å²) in [7, 11) is 1.91. The second kappa shape index (κ2) is 9.48. The molecule has 0 spiro atoms. The standard InChI is InChI=1S/C27H26ClFN8/c1-18(19-3-5-23(29)6-4-19)21-12-30-27(31-13-21)36-9-7-35(8-10-36)26-24(28)15-33-37-17-20(11-25(26)37)22-14-32-34(2)16-22/h3-6,11-18H,7-10H2,1-2H3/t18-/m1/s1. The smallest absolute Gasteiger partial charge is 0.225 e. The number of piperazine rings is 1. The fourth-order valence-electron chi connectivity index (χ4n) is 4.85. The molecule has 1 fully saturated rings. The Morgan fingerprint density at radius 3 is 2.22 bits per heavy atom. The maximum Gasteiger partial charge on any atom is 0.225 e. The van der Waals surface area contributed by atoms with E-state index in [9.17, 15) is 4.39 Å². The molecule has 37 heavy (non-hydrogen) atoms. The first kappa shape index (κ1) is 23.4. The number of hydrogen-bond acceptors (Lipinski definition) is 6. The number of fused-ring (bicyclic) bond motifs is 1. The Morgan fingerprint density at radius 2 is 1.54 bits per heavy atom. The van der Waals surface area contributed by atoms with Crippen LogP contribution in [0.5, 0.6) is 0 Å². The number of halogens is 2. The lowest BCUT2D eigenvalue weighted by Gasteiger charge is -2.36. The molecule has 0 bridgehead atoms. The van der Waals surface area contributed by atoms with E-state index in [1.54, 1.807) is 23.0 Å². The highest BCUT2D eigenvalue weighted by Crippen LogP contribution is 2.34. The van der Waals surface area contributed by atoms with Crippen molar-refractivity contribution >= 4 is 28.8 Å². The summed E-state index contributed by atoms with van der Waals surface area (Å²) >= 11 is 6.66. The predicted molar refractivity (Wildman–Crippen MR) is 143 cm³/mol. The van der Waals surface area contributed by atoms with Crippen molar-refractivity contribution in [2.24, 2.45) is 7.05 Å². The second-order valence-corrected chi connectivity index (χ2v) is 9.77. The zero-order chi connectivity index (χ0) is 25.5. The van der Waals surface area contributed by atoms with Gasteiger partial charge in [0.2, 0.25) is 5.95 Å². The lowest BCUT2D eigenvalue weighted by atomic mass is 9.95. The van der Waals surface area contributed by atoms with Crippen LogP contribution < -0.4 is 9.80 Å². The van der Waals surface area contributed by atoms with Crippen LogP contribution >= 0.6 is 11.6 Å². The lowest BCUT2D eigenvalue weighted by Crippen LogP contribution is -2.47. The van der Waals surface area contributed by atoms with Crippen molar-refractivity contribution < 1.29 is 4.39 Å². The van der Waals surface area contributed by atoms with Crippen LogP contribution in [0.25, 0.3) is 16.6 Å². The van der Waals surface area contributed by atoms with E-state index in [0.29, 0.717) is 11.0 Å². The minimum Gasteiger partial charge on any atom is -0.365 e. The number of hydrogen-bond donors (Lipinski definition) is 0. The summed E-state index contributed by atoms with van der Waals surface area (Å²) in [6.45, 7) is 5.18. The molecule has 0 aliphatic carbocycles. The van der Waals surface area contributed by atoms with Crippen molar-refractivity contribution in [3.05, 3.63) is 89.5 Å². The van der Waals surface area contributed by atoms with Crippen molar-refractivity contribution in [2.75, 3.05) is 36.0 Å². The van der Waals surface area contributed by atoms with Gasteiger partial charge < -0.3 is 9.80 Å². The molecule has 5 heterocycles. The first-order chi connectivity index (χ1) is 18.0. The summed E-state index contributed by atoms with van der Waals surface area (Å²) in [5.74, 6) is 0.560. The summed E-state index contributed by atoms with van der Waals surface area (Å²) in [6.07, 6.45) is 11.3. The van der Waals surface area contributed by atoms with Crippen LogP contribution in [-0.2, 0) is 7.05 Å². The first-order valence-electron chi connectivity index (χ1n) is 12.2. The van der Waals surface area contributed by atoms with Gasteiger partial charge in [-0.15, -0.1) is 0 Å². The molecular weight excluding hydrogens is 491 g/mol. The molecule has 0 unspecified atom stereocenters. The van der Waals surface area contributed by atoms with Crippen LogP contribution in [0.2, 0.25) is 5.02 Å². The van der Waals surface area contributed by atoms with E-state index in [-0.39, 0.29) is 11.7 Å². The highest BCUT2D eigenvalue weighted by atomic mass is 35.5. The molecule has 0 amide bonds. The summed E-state index contributed by atoms with van der Waals surface area (Å²) in [4.78, 5) is 13.8. The quantitative estimate of drug-likeness (QED) is 0.334. The Kier molecular flexibility index (Phi) is 6.00. The SMILES string of the molecule is C[C@H](c1ccc(F)cc1)c1cnc(N2CCN(c3c(Cl)cnn4cc(-c5cnn(C)c5)cc34)CC2)nc1. The van der Waals surface area contributed by atoms with Crippen molar-refractivity contribution in [3.8, 4) is 11.1 Å². The highest BCUT2D eigenvalue weighted by molar-refractivity contribution is 6.34. The molecule has 8 nitrogen and oxygen atoms in total. The third-order valence-corrected chi connectivity index (χ3v) is 7.29. The minimum absolute atomic E-state index is 0.0846. The molecule has 10 heteroatoms. The van der Waals surface area contributed by atoms with Crippen LogP contribution in [0.3, 0.4) is 0 Å². The normalized spacial score (nSPS) is 14.9. The molecule has 5 aromatic rings. The molecule has 1 atom stereocenters. The topological polar surface area (TPSA) is 67.4 Å². The van der Waals surface area contributed by atoms with Gasteiger partial charge in [0.15, 0.2) is 0 Å². The van der Waals surface area contributed by atoms with E-state index in [1.165, 1.54) is 12.1 Å². The highest BCUT2D eigenvalue weighted by Gasteiger charge is 2.24. The monoisotopic (exact) mass is 516 g/mol. The second-order valence-electron chi connectivity index (χ2n) is 9.37. The van der Waals surface area contributed by atoms with Gasteiger partial charge in [0, 0.05) is 75.1 Å². The van der Waals surface area contributed by atoms with Gasteiger partial charge in [0.1, 0.15) is 5.82 Å². The van der Waals surface area contributed by atoms with Crippen LogP contribution in [0.15, 0.2) is 67.5 Å². The van der Waals surface area contributed by atoms with Gasteiger partial charge in [-0.05, 0) is 29.3 Å². The minimum atomic E-state index is -0.235. The van der Waals surface area contributed by atoms with E-state index in [2.05, 4.69) is 43.0 Å². The predicted octanol–water partition coefficient (Wildman–Crippen LogP) is 4.80. The number of benzene rings is 1. The fraction of sp³-hybridized carbons (Fsp3) is 0.259. The average Bonchev–Trinajstić information content (AvgIpc) is 3.55. The average molecular weight is 517 g/mol. The maximum atomic E-state index is 13.3. The first-order valence-corrected chi connectivity index (χ1v) is 12.6. The van der Waals surface area contributed by atoms with Gasteiger partial charge >= 0.3 is 0 Å². The number of nitrogens with zero attached hydrogens (tertiary/aromatic N) is 8. The Balaban J connectivity index is 1.18. The third kappa shape index (κ3) is 4.51. The lowest BCUT2D eigenvalue weighted by molar-refractivity contribution is 0.626. The zero-order valence-electron chi connectivity index (χ0n) is 20.6. The molecule has 0 N–H and O–H groups in total. The molecule has 0 radical (unpaired) electrons. The molecule has 6 rings (SSSR count). The van der Waals surface area contributed by atoms with Crippen LogP contribution in [0.4, 0.5) is 16.0 Å². The van der Waals surface area contributed by atoms with Gasteiger partial charge in [-0.3, -0.25) is 4.68 Å². The summed E-state index contributed by atoms with van der Waals surface area (Å²) in [6, 6.07) is 8.69. The van der Waals surface area contributed by atoms with E-state index in [1.807, 2.05) is 42.5 Å². The van der Waals surface area contributed by atoms with Crippen molar-refractivity contribution in [1.82, 2.24) is 29.4 Å². The van der Waals surface area contributed by atoms with Gasteiger partial charge in [-0.1, -0.05) is 30.7 Å². The van der Waals surface area contributed by atoms with Gasteiger partial charge in [-0.25, -0.2) is 18.9 Å². The number of rotatable bonds is 5. The number of aryl methyl sites for hydroxylation is 1. The van der Waals surface area contributed by atoms with Gasteiger partial charge in [0.25, 0.3) is 0 Å². The molecule has 1 saturated heterocycles. The summed E-state index contributed by atoms with van der Waals surface area (Å²) in [5, 5.41) is 9.40. The molecule has 1 aromatic carbocycles. The number of anilines is 2. The van der Waals surface area contributed by atoms with E-state index >= 15 is 0 Å². The van der Waals surface area contributed by atoms with E-state index in [0.717, 1.165) is 59.6 Å². The van der Waals surface area contributed by atoms with Crippen molar-refractivity contribution in [3.63, 3.8) is 0 Å². The zero-order valence-corrected chi connectivity index (χ0v) is 21.3. The van der Waals surface area contributed by atoms with Gasteiger partial charge in [-0.2, -0.15) is 10.2 Å². The molecular formula is C27H26ClFN8. The van der Waals surface area contributed by atoms with Crippen LogP contribution in [0.1, 0.15) is 24.0 Å². The van der Waals surface area contributed by atoms with Crippen molar-refractivity contribution in [2.45, 2.75) is 12.8 Å². The van der Waals surface area contributed by atoms with Gasteiger partial charge in [0.05, 0.1) is 28.6 Å². The Morgan fingerprint density at radius 1 is 0.838 bits per heavy atom. The Hall–Kier alpha value is -3.98. The Labute approximate surface area is 218 Å². The van der Waals surface area contributed by atoms with Crippen LogP contribution in [-0.4, -0.2) is 55.5 Å². The Bertz CT molecular complexity index is 1540. The fourth-order valence-corrected chi connectivity index (χ4v) is 5.11. The maximum absolute atomic E-state index is 13.3.